The second-order valence-corrected chi connectivity index (χ2v) is 11.0. The van der Waals surface area contributed by atoms with Crippen molar-refractivity contribution in [2.24, 2.45) is 0 Å². The first-order chi connectivity index (χ1) is 14.5. The van der Waals surface area contributed by atoms with Crippen molar-refractivity contribution in [3.8, 4) is 5.75 Å². The van der Waals surface area contributed by atoms with Gasteiger partial charge in [0.15, 0.2) is 6.10 Å². The minimum absolute atomic E-state index is 0.0541. The van der Waals surface area contributed by atoms with Crippen molar-refractivity contribution in [2.45, 2.75) is 51.0 Å². The van der Waals surface area contributed by atoms with Crippen LogP contribution in [0.5, 0.6) is 5.75 Å². The second kappa shape index (κ2) is 9.01. The molecule has 0 N–H and O–H groups in total. The molecule has 1 aliphatic heterocycles. The minimum atomic E-state index is -3.55. The van der Waals surface area contributed by atoms with Crippen LogP contribution in [-0.4, -0.2) is 55.8 Å². The van der Waals surface area contributed by atoms with Crippen LogP contribution in [0, 0.1) is 6.92 Å². The van der Waals surface area contributed by atoms with E-state index in [4.69, 9.17) is 4.74 Å². The van der Waals surface area contributed by atoms with E-state index in [0.717, 1.165) is 5.56 Å². The summed E-state index contributed by atoms with van der Waals surface area (Å²) in [6.07, 6.45) is -0.638. The van der Waals surface area contributed by atoms with Crippen molar-refractivity contribution in [3.63, 3.8) is 0 Å². The van der Waals surface area contributed by atoms with E-state index in [1.165, 1.54) is 9.87 Å². The van der Waals surface area contributed by atoms with Crippen molar-refractivity contribution in [3.05, 3.63) is 59.7 Å². The van der Waals surface area contributed by atoms with E-state index < -0.39 is 16.1 Å². The molecule has 0 aliphatic carbocycles. The summed E-state index contributed by atoms with van der Waals surface area (Å²) in [6.45, 7) is 11.3. The van der Waals surface area contributed by atoms with Gasteiger partial charge in [0.05, 0.1) is 4.90 Å². The SMILES string of the molecule is Cc1ccc(S(=O)(=O)N2CCN(C(=O)[C@@H](C)Oc3ccc(C(C)(C)C)cc3)CC2)cc1. The third-order valence-corrected chi connectivity index (χ3v) is 7.50. The van der Waals surface area contributed by atoms with Gasteiger partial charge in [0, 0.05) is 26.2 Å². The Morgan fingerprint density at radius 2 is 1.48 bits per heavy atom. The Bertz CT molecular complexity index is 1000. The zero-order valence-corrected chi connectivity index (χ0v) is 19.8. The van der Waals surface area contributed by atoms with Gasteiger partial charge >= 0.3 is 0 Å². The molecular formula is C24H32N2O4S. The smallest absolute Gasteiger partial charge is 0.263 e. The van der Waals surface area contributed by atoms with Gasteiger partial charge in [0.2, 0.25) is 10.0 Å². The van der Waals surface area contributed by atoms with Crippen LogP contribution in [0.2, 0.25) is 0 Å². The number of piperazine rings is 1. The molecule has 168 valence electrons. The largest absolute Gasteiger partial charge is 0.481 e. The van der Waals surface area contributed by atoms with Crippen LogP contribution in [-0.2, 0) is 20.2 Å². The third kappa shape index (κ3) is 5.46. The Labute approximate surface area is 185 Å². The number of ether oxygens (including phenoxy) is 1. The van der Waals surface area contributed by atoms with Crippen molar-refractivity contribution >= 4 is 15.9 Å². The van der Waals surface area contributed by atoms with Gasteiger partial charge in [-0.05, 0) is 49.1 Å². The molecule has 1 fully saturated rings. The quantitative estimate of drug-likeness (QED) is 0.707. The number of amides is 1. The topological polar surface area (TPSA) is 66.9 Å². The molecule has 1 heterocycles. The molecule has 0 unspecified atom stereocenters. The highest BCUT2D eigenvalue weighted by Gasteiger charge is 2.32. The van der Waals surface area contributed by atoms with E-state index in [-0.39, 0.29) is 29.3 Å². The Morgan fingerprint density at radius 3 is 2.00 bits per heavy atom. The monoisotopic (exact) mass is 444 g/mol. The fraction of sp³-hybridized carbons (Fsp3) is 0.458. The molecule has 31 heavy (non-hydrogen) atoms. The Morgan fingerprint density at radius 1 is 0.935 bits per heavy atom. The fourth-order valence-corrected chi connectivity index (χ4v) is 4.98. The molecule has 0 radical (unpaired) electrons. The maximum absolute atomic E-state index is 12.8. The van der Waals surface area contributed by atoms with E-state index in [1.54, 1.807) is 36.1 Å². The summed E-state index contributed by atoms with van der Waals surface area (Å²) in [6, 6.07) is 14.6. The van der Waals surface area contributed by atoms with Gasteiger partial charge in [-0.25, -0.2) is 8.42 Å². The Balaban J connectivity index is 1.57. The Hall–Kier alpha value is -2.38. The molecule has 3 rings (SSSR count). The molecule has 7 heteroatoms. The van der Waals surface area contributed by atoms with Gasteiger partial charge < -0.3 is 9.64 Å². The van der Waals surface area contributed by atoms with Crippen LogP contribution in [0.4, 0.5) is 0 Å². The lowest BCUT2D eigenvalue weighted by Gasteiger charge is -2.35. The number of hydrogen-bond donors (Lipinski definition) is 0. The zero-order valence-electron chi connectivity index (χ0n) is 19.0. The van der Waals surface area contributed by atoms with Gasteiger partial charge in [-0.15, -0.1) is 0 Å². The molecule has 0 aromatic heterocycles. The number of hydrogen-bond acceptors (Lipinski definition) is 4. The van der Waals surface area contributed by atoms with Gasteiger partial charge in [-0.1, -0.05) is 50.6 Å². The number of aryl methyl sites for hydroxylation is 1. The van der Waals surface area contributed by atoms with E-state index in [0.29, 0.717) is 18.8 Å². The number of carbonyl (C=O) groups excluding carboxylic acids is 1. The average molecular weight is 445 g/mol. The van der Waals surface area contributed by atoms with Gasteiger partial charge in [0.1, 0.15) is 5.75 Å². The molecular weight excluding hydrogens is 412 g/mol. The van der Waals surface area contributed by atoms with E-state index in [2.05, 4.69) is 20.8 Å². The van der Waals surface area contributed by atoms with Crippen molar-refractivity contribution in [1.82, 2.24) is 9.21 Å². The van der Waals surface area contributed by atoms with Gasteiger partial charge in [-0.3, -0.25) is 4.79 Å². The van der Waals surface area contributed by atoms with Crippen molar-refractivity contribution in [1.29, 1.82) is 0 Å². The summed E-state index contributed by atoms with van der Waals surface area (Å²) in [5, 5.41) is 0. The lowest BCUT2D eigenvalue weighted by Crippen LogP contribution is -2.53. The van der Waals surface area contributed by atoms with E-state index in [1.807, 2.05) is 31.2 Å². The first kappa shape index (κ1) is 23.3. The lowest BCUT2D eigenvalue weighted by molar-refractivity contribution is -0.139. The molecule has 0 saturated carbocycles. The third-order valence-electron chi connectivity index (χ3n) is 5.59. The molecule has 2 aromatic carbocycles. The van der Waals surface area contributed by atoms with E-state index >= 15 is 0 Å². The number of benzene rings is 2. The maximum Gasteiger partial charge on any atom is 0.263 e. The molecule has 1 atom stereocenters. The lowest BCUT2D eigenvalue weighted by atomic mass is 9.87. The summed E-state index contributed by atoms with van der Waals surface area (Å²) < 4.78 is 33.0. The first-order valence-corrected chi connectivity index (χ1v) is 12.1. The van der Waals surface area contributed by atoms with Gasteiger partial charge in [-0.2, -0.15) is 4.31 Å². The molecule has 1 aliphatic rings. The highest BCUT2D eigenvalue weighted by atomic mass is 32.2. The standard InChI is InChI=1S/C24H32N2O4S/c1-18-6-12-22(13-7-18)31(28,29)26-16-14-25(15-17-26)23(27)19(2)30-21-10-8-20(9-11-21)24(3,4)5/h6-13,19H,14-17H2,1-5H3/t19-/m1/s1. The van der Waals surface area contributed by atoms with Crippen LogP contribution in [0.15, 0.2) is 53.4 Å². The van der Waals surface area contributed by atoms with Gasteiger partial charge in [0.25, 0.3) is 5.91 Å². The normalized spacial score (nSPS) is 16.7. The number of sulfonamides is 1. The summed E-state index contributed by atoms with van der Waals surface area (Å²) in [4.78, 5) is 14.8. The molecule has 1 saturated heterocycles. The number of nitrogens with zero attached hydrogens (tertiary/aromatic N) is 2. The van der Waals surface area contributed by atoms with E-state index in [9.17, 15) is 13.2 Å². The fourth-order valence-electron chi connectivity index (χ4n) is 3.55. The molecule has 2 aromatic rings. The van der Waals surface area contributed by atoms with Crippen LogP contribution < -0.4 is 4.74 Å². The predicted molar refractivity (Wildman–Crippen MR) is 122 cm³/mol. The highest BCUT2D eigenvalue weighted by Crippen LogP contribution is 2.25. The maximum atomic E-state index is 12.8. The average Bonchev–Trinajstić information content (AvgIpc) is 2.73. The van der Waals surface area contributed by atoms with Crippen LogP contribution in [0.3, 0.4) is 0 Å². The molecule has 1 amide bonds. The molecule has 0 bridgehead atoms. The predicted octanol–water partition coefficient (Wildman–Crippen LogP) is 3.59. The van der Waals surface area contributed by atoms with Crippen LogP contribution in [0.1, 0.15) is 38.8 Å². The highest BCUT2D eigenvalue weighted by molar-refractivity contribution is 7.89. The first-order valence-electron chi connectivity index (χ1n) is 10.6. The minimum Gasteiger partial charge on any atom is -0.481 e. The summed E-state index contributed by atoms with van der Waals surface area (Å²) in [5.41, 5.74) is 2.26. The Kier molecular flexibility index (Phi) is 6.76. The summed E-state index contributed by atoms with van der Waals surface area (Å²) in [7, 11) is -3.55. The number of rotatable bonds is 5. The van der Waals surface area contributed by atoms with Crippen molar-refractivity contribution in [2.75, 3.05) is 26.2 Å². The zero-order chi connectivity index (χ0) is 22.8. The van der Waals surface area contributed by atoms with Crippen LogP contribution >= 0.6 is 0 Å². The molecule has 6 nitrogen and oxygen atoms in total. The number of carbonyl (C=O) groups is 1. The van der Waals surface area contributed by atoms with Crippen LogP contribution in [0.25, 0.3) is 0 Å². The second-order valence-electron chi connectivity index (χ2n) is 9.08. The van der Waals surface area contributed by atoms with Crippen molar-refractivity contribution < 1.29 is 17.9 Å². The summed E-state index contributed by atoms with van der Waals surface area (Å²) in [5.74, 6) is 0.515. The molecule has 0 spiro atoms. The summed E-state index contributed by atoms with van der Waals surface area (Å²) >= 11 is 0.